The van der Waals surface area contributed by atoms with Gasteiger partial charge in [-0.05, 0) is 128 Å². The first kappa shape index (κ1) is 33.7. The highest BCUT2D eigenvalue weighted by molar-refractivity contribution is 6.21. The van der Waals surface area contributed by atoms with Crippen LogP contribution in [0.25, 0.3) is 71.3 Å². The average molecular weight is 719 g/mol. The van der Waals surface area contributed by atoms with Crippen molar-refractivity contribution < 1.29 is 0 Å². The summed E-state index contributed by atoms with van der Waals surface area (Å²) in [5.74, 6) is 0.583. The summed E-state index contributed by atoms with van der Waals surface area (Å²) < 4.78 is 2.41. The van der Waals surface area contributed by atoms with E-state index in [-0.39, 0.29) is 0 Å². The molecule has 0 aliphatic carbocycles. The molecule has 9 aromatic carbocycles. The molecule has 2 heteroatoms. The second-order valence-electron chi connectivity index (χ2n) is 15.2. The van der Waals surface area contributed by atoms with Crippen molar-refractivity contribution in [1.82, 2.24) is 4.57 Å². The van der Waals surface area contributed by atoms with Gasteiger partial charge >= 0.3 is 0 Å². The van der Waals surface area contributed by atoms with E-state index in [9.17, 15) is 0 Å². The van der Waals surface area contributed by atoms with Crippen LogP contribution in [-0.2, 0) is 6.42 Å². The summed E-state index contributed by atoms with van der Waals surface area (Å²) in [5.41, 5.74) is 13.3. The van der Waals surface area contributed by atoms with E-state index in [0.29, 0.717) is 5.92 Å². The SMILES string of the molecule is CC(C)Cc1ccc2c(c1)c1cc(N(c3ccccc3)c3ccc(-c4c5ccccc5c(-c5ccccc5)c5ccccc45)cc3)ccc1n2-c1ccccc1. The number of fused-ring (bicyclic) bond motifs is 5. The third-order valence-electron chi connectivity index (χ3n) is 11.2. The summed E-state index contributed by atoms with van der Waals surface area (Å²) in [7, 11) is 0. The van der Waals surface area contributed by atoms with Crippen LogP contribution >= 0.6 is 0 Å². The Kier molecular flexibility index (Phi) is 8.45. The monoisotopic (exact) mass is 718 g/mol. The van der Waals surface area contributed by atoms with Gasteiger partial charge in [0.2, 0.25) is 0 Å². The Balaban J connectivity index is 1.14. The van der Waals surface area contributed by atoms with Gasteiger partial charge in [0.25, 0.3) is 0 Å². The maximum Gasteiger partial charge on any atom is 0.0542 e. The van der Waals surface area contributed by atoms with Crippen LogP contribution in [0, 0.1) is 5.92 Å². The Labute approximate surface area is 328 Å². The largest absolute Gasteiger partial charge is 0.310 e. The molecule has 0 bridgehead atoms. The molecule has 0 fully saturated rings. The molecule has 10 rings (SSSR count). The van der Waals surface area contributed by atoms with Gasteiger partial charge < -0.3 is 9.47 Å². The van der Waals surface area contributed by atoms with Gasteiger partial charge in [0.05, 0.1) is 11.0 Å². The average Bonchev–Trinajstić information content (AvgIpc) is 3.57. The first-order valence-corrected chi connectivity index (χ1v) is 19.7. The molecule has 2 nitrogen and oxygen atoms in total. The van der Waals surface area contributed by atoms with E-state index < -0.39 is 0 Å². The van der Waals surface area contributed by atoms with E-state index in [2.05, 4.69) is 224 Å². The van der Waals surface area contributed by atoms with Crippen molar-refractivity contribution in [2.24, 2.45) is 5.92 Å². The van der Waals surface area contributed by atoms with E-state index in [1.165, 1.54) is 76.9 Å². The van der Waals surface area contributed by atoms with Crippen LogP contribution in [-0.4, -0.2) is 4.57 Å². The lowest BCUT2D eigenvalue weighted by Gasteiger charge is -2.26. The van der Waals surface area contributed by atoms with Crippen molar-refractivity contribution in [3.8, 4) is 27.9 Å². The third kappa shape index (κ3) is 5.82. The molecule has 268 valence electrons. The second-order valence-corrected chi connectivity index (χ2v) is 15.2. The third-order valence-corrected chi connectivity index (χ3v) is 11.2. The minimum Gasteiger partial charge on any atom is -0.310 e. The van der Waals surface area contributed by atoms with E-state index in [1.54, 1.807) is 0 Å². The van der Waals surface area contributed by atoms with Crippen molar-refractivity contribution in [3.05, 3.63) is 206 Å². The molecule has 1 heterocycles. The molecule has 0 amide bonds. The molecule has 0 unspecified atom stereocenters. The molecule has 1 aromatic heterocycles. The Morgan fingerprint density at radius 3 is 1.41 bits per heavy atom. The van der Waals surface area contributed by atoms with Gasteiger partial charge in [0, 0.05) is 33.5 Å². The molecular formula is C54H42N2. The Bertz CT molecular complexity index is 2940. The van der Waals surface area contributed by atoms with Crippen LogP contribution in [0.2, 0.25) is 0 Å². The molecule has 0 saturated heterocycles. The Morgan fingerprint density at radius 1 is 0.393 bits per heavy atom. The fourth-order valence-corrected chi connectivity index (χ4v) is 8.81. The summed E-state index contributed by atoms with van der Waals surface area (Å²) in [4.78, 5) is 2.39. The maximum atomic E-state index is 2.42. The van der Waals surface area contributed by atoms with Crippen molar-refractivity contribution in [2.75, 3.05) is 4.90 Å². The maximum absolute atomic E-state index is 2.42. The topological polar surface area (TPSA) is 8.17 Å². The van der Waals surface area contributed by atoms with Crippen LogP contribution in [0.4, 0.5) is 17.1 Å². The standard InChI is InChI=1S/C54H42N2/c1-37(2)34-38-26-32-51-49(35-38)50-36-44(31-33-52(50)56(51)42-20-10-5-11-21-42)55(41-18-8-4-9-19-41)43-29-27-40(28-30-43)54-47-24-14-12-22-45(47)53(39-16-6-3-7-17-39)46-23-13-15-25-48(46)54/h3-33,35-37H,34H2,1-2H3. The van der Waals surface area contributed by atoms with Crippen LogP contribution < -0.4 is 4.90 Å². The summed E-state index contributed by atoms with van der Waals surface area (Å²) in [6, 6.07) is 73.2. The summed E-state index contributed by atoms with van der Waals surface area (Å²) in [6.45, 7) is 4.59. The Hall–Kier alpha value is -6.90. The van der Waals surface area contributed by atoms with Gasteiger partial charge in [-0.25, -0.2) is 0 Å². The molecule has 0 aliphatic rings. The minimum atomic E-state index is 0.583. The zero-order valence-electron chi connectivity index (χ0n) is 31.7. The zero-order valence-corrected chi connectivity index (χ0v) is 31.7. The number of aromatic nitrogens is 1. The molecule has 0 radical (unpaired) electrons. The highest BCUT2D eigenvalue weighted by atomic mass is 15.1. The highest BCUT2D eigenvalue weighted by Crippen LogP contribution is 2.45. The fraction of sp³-hybridized carbons (Fsp3) is 0.0741. The van der Waals surface area contributed by atoms with Gasteiger partial charge in [-0.15, -0.1) is 0 Å². The lowest BCUT2D eigenvalue weighted by molar-refractivity contribution is 0.648. The van der Waals surface area contributed by atoms with Crippen molar-refractivity contribution in [1.29, 1.82) is 0 Å². The van der Waals surface area contributed by atoms with Gasteiger partial charge in [0.15, 0.2) is 0 Å². The number of anilines is 3. The summed E-state index contributed by atoms with van der Waals surface area (Å²) in [5, 5.41) is 7.58. The van der Waals surface area contributed by atoms with Crippen LogP contribution in [0.3, 0.4) is 0 Å². The van der Waals surface area contributed by atoms with Crippen molar-refractivity contribution in [2.45, 2.75) is 20.3 Å². The normalized spacial score (nSPS) is 11.6. The van der Waals surface area contributed by atoms with E-state index in [1.807, 2.05) is 0 Å². The fourth-order valence-electron chi connectivity index (χ4n) is 8.81. The first-order valence-electron chi connectivity index (χ1n) is 19.7. The number of hydrogen-bond donors (Lipinski definition) is 0. The summed E-state index contributed by atoms with van der Waals surface area (Å²) >= 11 is 0. The van der Waals surface area contributed by atoms with Gasteiger partial charge in [0.1, 0.15) is 0 Å². The molecule has 0 aliphatic heterocycles. The molecule has 10 aromatic rings. The lowest BCUT2D eigenvalue weighted by atomic mass is 9.86. The van der Waals surface area contributed by atoms with Gasteiger partial charge in [-0.3, -0.25) is 0 Å². The van der Waals surface area contributed by atoms with Crippen molar-refractivity contribution >= 4 is 60.4 Å². The van der Waals surface area contributed by atoms with Crippen LogP contribution in [0.1, 0.15) is 19.4 Å². The second kappa shape index (κ2) is 14.1. The van der Waals surface area contributed by atoms with E-state index in [4.69, 9.17) is 0 Å². The number of rotatable bonds is 8. The van der Waals surface area contributed by atoms with Crippen molar-refractivity contribution in [3.63, 3.8) is 0 Å². The van der Waals surface area contributed by atoms with Gasteiger partial charge in [-0.2, -0.15) is 0 Å². The quantitative estimate of drug-likeness (QED) is 0.142. The molecule has 0 N–H and O–H groups in total. The molecule has 0 saturated carbocycles. The smallest absolute Gasteiger partial charge is 0.0542 e. The lowest BCUT2D eigenvalue weighted by Crippen LogP contribution is -2.09. The number of hydrogen-bond acceptors (Lipinski definition) is 1. The molecule has 0 spiro atoms. The number of para-hydroxylation sites is 2. The molecule has 0 atom stereocenters. The minimum absolute atomic E-state index is 0.583. The van der Waals surface area contributed by atoms with E-state index >= 15 is 0 Å². The predicted octanol–water partition coefficient (Wildman–Crippen LogP) is 15.1. The number of benzene rings is 9. The molecular weight excluding hydrogens is 677 g/mol. The number of nitrogens with zero attached hydrogens (tertiary/aromatic N) is 2. The summed E-state index contributed by atoms with van der Waals surface area (Å²) in [6.07, 6.45) is 1.05. The van der Waals surface area contributed by atoms with Crippen LogP contribution in [0.15, 0.2) is 200 Å². The van der Waals surface area contributed by atoms with Gasteiger partial charge in [-0.1, -0.05) is 147 Å². The zero-order chi connectivity index (χ0) is 37.6. The highest BCUT2D eigenvalue weighted by Gasteiger charge is 2.20. The molecule has 56 heavy (non-hydrogen) atoms. The van der Waals surface area contributed by atoms with Crippen LogP contribution in [0.5, 0.6) is 0 Å². The first-order chi connectivity index (χ1) is 27.6. The Morgan fingerprint density at radius 2 is 0.839 bits per heavy atom. The predicted molar refractivity (Wildman–Crippen MR) is 240 cm³/mol. The van der Waals surface area contributed by atoms with E-state index in [0.717, 1.165) is 23.5 Å².